The van der Waals surface area contributed by atoms with Gasteiger partial charge in [-0.3, -0.25) is 4.79 Å². The van der Waals surface area contributed by atoms with Gasteiger partial charge in [-0.25, -0.2) is 0 Å². The minimum Gasteiger partial charge on any atom is -0.463 e. The van der Waals surface area contributed by atoms with Crippen molar-refractivity contribution in [1.29, 1.82) is 0 Å². The molecule has 2 N–H and O–H groups in total. The van der Waals surface area contributed by atoms with Crippen LogP contribution in [0.15, 0.2) is 30.3 Å². The van der Waals surface area contributed by atoms with E-state index in [0.29, 0.717) is 6.42 Å². The number of esters is 1. The molecule has 1 aliphatic heterocycles. The number of carbonyl (C=O) groups excluding carboxylic acids is 1. The van der Waals surface area contributed by atoms with E-state index in [1.807, 2.05) is 30.3 Å². The van der Waals surface area contributed by atoms with Crippen LogP contribution in [0.25, 0.3) is 0 Å². The van der Waals surface area contributed by atoms with Crippen molar-refractivity contribution in [3.8, 4) is 0 Å². The zero-order valence-electron chi connectivity index (χ0n) is 11.8. The van der Waals surface area contributed by atoms with Crippen molar-refractivity contribution < 1.29 is 24.5 Å². The summed E-state index contributed by atoms with van der Waals surface area (Å²) in [5, 5.41) is 19.3. The highest BCUT2D eigenvalue weighted by Gasteiger charge is 2.37. The maximum atomic E-state index is 10.9. The Labute approximate surface area is 128 Å². The number of benzene rings is 1. The van der Waals surface area contributed by atoms with Crippen LogP contribution in [0.3, 0.4) is 0 Å². The van der Waals surface area contributed by atoms with Crippen molar-refractivity contribution in [3.63, 3.8) is 0 Å². The molecule has 2 rings (SSSR count). The topological polar surface area (TPSA) is 76.0 Å². The van der Waals surface area contributed by atoms with Gasteiger partial charge in [-0.2, -0.15) is 11.8 Å². The number of carbonyl (C=O) groups is 1. The summed E-state index contributed by atoms with van der Waals surface area (Å²) >= 11 is 1.63. The normalized spacial score (nSPS) is 29.1. The van der Waals surface area contributed by atoms with Crippen LogP contribution < -0.4 is 0 Å². The summed E-state index contributed by atoms with van der Waals surface area (Å²) in [6.45, 7) is 1.42. The summed E-state index contributed by atoms with van der Waals surface area (Å²) in [6, 6.07) is 9.97. The van der Waals surface area contributed by atoms with Crippen LogP contribution in [0, 0.1) is 0 Å². The molecule has 0 bridgehead atoms. The zero-order valence-corrected chi connectivity index (χ0v) is 12.7. The second kappa shape index (κ2) is 7.79. The number of hydrogen-bond acceptors (Lipinski definition) is 6. The SMILES string of the molecule is CC(=O)OC[C@H]1O[C@H](O)[C@@H](O)C[C@H]1SCc1ccccc1. The molecular weight excluding hydrogens is 292 g/mol. The molecule has 1 aromatic carbocycles. The van der Waals surface area contributed by atoms with Crippen molar-refractivity contribution in [2.24, 2.45) is 0 Å². The summed E-state index contributed by atoms with van der Waals surface area (Å²) in [5.74, 6) is 0.389. The highest BCUT2D eigenvalue weighted by Crippen LogP contribution is 2.31. The van der Waals surface area contributed by atoms with Gasteiger partial charge < -0.3 is 19.7 Å². The Bertz CT molecular complexity index is 453. The first-order chi connectivity index (χ1) is 10.1. The summed E-state index contributed by atoms with van der Waals surface area (Å²) < 4.78 is 10.3. The van der Waals surface area contributed by atoms with Crippen molar-refractivity contribution in [1.82, 2.24) is 0 Å². The Morgan fingerprint density at radius 1 is 1.38 bits per heavy atom. The smallest absolute Gasteiger partial charge is 0.302 e. The number of aliphatic hydroxyl groups is 2. The predicted octanol–water partition coefficient (Wildman–Crippen LogP) is 1.32. The zero-order chi connectivity index (χ0) is 15.2. The van der Waals surface area contributed by atoms with Crippen LogP contribution in [0.4, 0.5) is 0 Å². The minimum atomic E-state index is -1.22. The first-order valence-electron chi connectivity index (χ1n) is 6.86. The molecular formula is C15H20O5S. The molecule has 1 fully saturated rings. The largest absolute Gasteiger partial charge is 0.463 e. The van der Waals surface area contributed by atoms with Gasteiger partial charge in [0.25, 0.3) is 0 Å². The average Bonchev–Trinajstić information content (AvgIpc) is 2.47. The van der Waals surface area contributed by atoms with Gasteiger partial charge >= 0.3 is 5.97 Å². The molecule has 1 aromatic rings. The molecule has 1 aliphatic rings. The molecule has 5 nitrogen and oxygen atoms in total. The molecule has 0 amide bonds. The number of aliphatic hydroxyl groups excluding tert-OH is 2. The minimum absolute atomic E-state index is 0.0389. The van der Waals surface area contributed by atoms with Gasteiger partial charge in [0.2, 0.25) is 0 Å². The van der Waals surface area contributed by atoms with Crippen molar-refractivity contribution in [2.75, 3.05) is 6.61 Å². The molecule has 1 heterocycles. The number of rotatable bonds is 5. The van der Waals surface area contributed by atoms with Crippen LogP contribution in [-0.4, -0.2) is 46.5 Å². The second-order valence-electron chi connectivity index (χ2n) is 5.01. The van der Waals surface area contributed by atoms with Gasteiger partial charge in [0.15, 0.2) is 6.29 Å². The lowest BCUT2D eigenvalue weighted by molar-refractivity contribution is -0.221. The molecule has 0 unspecified atom stereocenters. The van der Waals surface area contributed by atoms with Crippen LogP contribution in [0.1, 0.15) is 18.9 Å². The van der Waals surface area contributed by atoms with Gasteiger partial charge in [-0.15, -0.1) is 0 Å². The number of hydrogen-bond donors (Lipinski definition) is 2. The average molecular weight is 312 g/mol. The molecule has 6 heteroatoms. The third-order valence-corrected chi connectivity index (χ3v) is 4.71. The summed E-state index contributed by atoms with van der Waals surface area (Å²) in [7, 11) is 0. The standard InChI is InChI=1S/C15H20O5S/c1-10(16)19-8-13-14(7-12(17)15(18)20-13)21-9-11-5-3-2-4-6-11/h2-6,12-15,17-18H,7-9H2,1H3/t12-,13+,14+,15-/m0/s1. The third kappa shape index (κ3) is 5.00. The van der Waals surface area contributed by atoms with E-state index in [2.05, 4.69) is 0 Å². The Kier molecular flexibility index (Phi) is 6.05. The van der Waals surface area contributed by atoms with Crippen LogP contribution >= 0.6 is 11.8 Å². The summed E-state index contributed by atoms with van der Waals surface area (Å²) in [6.07, 6.45) is -2.14. The summed E-state index contributed by atoms with van der Waals surface area (Å²) in [4.78, 5) is 10.9. The summed E-state index contributed by atoms with van der Waals surface area (Å²) in [5.41, 5.74) is 1.18. The first kappa shape index (κ1) is 16.3. The van der Waals surface area contributed by atoms with E-state index in [0.717, 1.165) is 5.75 Å². The van der Waals surface area contributed by atoms with Gasteiger partial charge in [0, 0.05) is 17.9 Å². The second-order valence-corrected chi connectivity index (χ2v) is 6.23. The van der Waals surface area contributed by atoms with Crippen LogP contribution in [0.2, 0.25) is 0 Å². The Hall–Kier alpha value is -1.08. The maximum absolute atomic E-state index is 10.9. The lowest BCUT2D eigenvalue weighted by atomic mass is 10.1. The molecule has 116 valence electrons. The highest BCUT2D eigenvalue weighted by atomic mass is 32.2. The van der Waals surface area contributed by atoms with Crippen LogP contribution in [0.5, 0.6) is 0 Å². The predicted molar refractivity (Wildman–Crippen MR) is 79.7 cm³/mol. The molecule has 0 spiro atoms. The fourth-order valence-corrected chi connectivity index (χ4v) is 3.45. The van der Waals surface area contributed by atoms with Crippen LogP contribution in [-0.2, 0) is 20.0 Å². The lowest BCUT2D eigenvalue weighted by Crippen LogP contribution is -2.48. The molecule has 1 saturated heterocycles. The molecule has 0 aromatic heterocycles. The van der Waals surface area contributed by atoms with Crippen molar-refractivity contribution in [2.45, 2.75) is 42.8 Å². The fourth-order valence-electron chi connectivity index (χ4n) is 2.16. The van der Waals surface area contributed by atoms with Gasteiger partial charge in [0.05, 0.1) is 0 Å². The molecule has 0 saturated carbocycles. The highest BCUT2D eigenvalue weighted by molar-refractivity contribution is 7.99. The lowest BCUT2D eigenvalue weighted by Gasteiger charge is -2.36. The first-order valence-corrected chi connectivity index (χ1v) is 7.91. The van der Waals surface area contributed by atoms with E-state index < -0.39 is 18.5 Å². The van der Waals surface area contributed by atoms with Gasteiger partial charge in [-0.05, 0) is 12.0 Å². The fraction of sp³-hybridized carbons (Fsp3) is 0.533. The van der Waals surface area contributed by atoms with Gasteiger partial charge in [-0.1, -0.05) is 30.3 Å². The Morgan fingerprint density at radius 2 is 2.10 bits per heavy atom. The third-order valence-electron chi connectivity index (χ3n) is 3.29. The van der Waals surface area contributed by atoms with E-state index >= 15 is 0 Å². The van der Waals surface area contributed by atoms with E-state index in [9.17, 15) is 15.0 Å². The number of thioether (sulfide) groups is 1. The molecule has 0 radical (unpaired) electrons. The maximum Gasteiger partial charge on any atom is 0.302 e. The molecule has 0 aliphatic carbocycles. The van der Waals surface area contributed by atoms with Crippen molar-refractivity contribution in [3.05, 3.63) is 35.9 Å². The molecule has 4 atom stereocenters. The Balaban J connectivity index is 1.93. The van der Waals surface area contributed by atoms with E-state index in [1.165, 1.54) is 12.5 Å². The monoisotopic (exact) mass is 312 g/mol. The van der Waals surface area contributed by atoms with Crippen molar-refractivity contribution >= 4 is 17.7 Å². The van der Waals surface area contributed by atoms with E-state index in [-0.39, 0.29) is 17.8 Å². The van der Waals surface area contributed by atoms with Gasteiger partial charge in [0.1, 0.15) is 18.8 Å². The van der Waals surface area contributed by atoms with E-state index in [1.54, 1.807) is 11.8 Å². The quantitative estimate of drug-likeness (QED) is 0.799. The molecule has 21 heavy (non-hydrogen) atoms. The Morgan fingerprint density at radius 3 is 2.76 bits per heavy atom. The number of ether oxygens (including phenoxy) is 2. The van der Waals surface area contributed by atoms with E-state index in [4.69, 9.17) is 9.47 Å².